The van der Waals surface area contributed by atoms with Gasteiger partial charge in [-0.15, -0.1) is 11.3 Å². The Hall–Kier alpha value is -1.88. The van der Waals surface area contributed by atoms with Crippen LogP contribution in [-0.2, 0) is 10.0 Å². The lowest BCUT2D eigenvalue weighted by Crippen LogP contribution is -2.12. The second-order valence-corrected chi connectivity index (χ2v) is 6.95. The Kier molecular flexibility index (Phi) is 4.39. The first-order chi connectivity index (χ1) is 9.53. The van der Waals surface area contributed by atoms with Crippen molar-refractivity contribution in [2.75, 3.05) is 11.3 Å². The lowest BCUT2D eigenvalue weighted by Gasteiger charge is -2.07. The van der Waals surface area contributed by atoms with Crippen molar-refractivity contribution in [2.45, 2.75) is 11.1 Å². The average Bonchev–Trinajstić information content (AvgIpc) is 2.85. The van der Waals surface area contributed by atoms with Crippen LogP contribution in [0.15, 0.2) is 34.7 Å². The third-order valence-corrected chi connectivity index (χ3v) is 5.08. The van der Waals surface area contributed by atoms with Gasteiger partial charge < -0.3 is 5.11 Å². The molecule has 0 fully saturated rings. The monoisotopic (exact) mass is 308 g/mol. The summed E-state index contributed by atoms with van der Waals surface area (Å²) in [5, 5.41) is 9.39. The zero-order chi connectivity index (χ0) is 14.6. The number of thiazole rings is 1. The van der Waals surface area contributed by atoms with Crippen molar-refractivity contribution in [1.29, 1.82) is 0 Å². The van der Waals surface area contributed by atoms with Crippen molar-refractivity contribution in [3.05, 3.63) is 41.0 Å². The maximum absolute atomic E-state index is 12.2. The number of nitrogens with zero attached hydrogens (tertiary/aromatic N) is 1. The fraction of sp³-hybridized carbons (Fsp3) is 0.154. The third-order valence-electron chi connectivity index (χ3n) is 2.34. The van der Waals surface area contributed by atoms with Crippen LogP contribution in [0.5, 0.6) is 0 Å². The highest BCUT2D eigenvalue weighted by atomic mass is 32.2. The number of para-hydroxylation sites is 1. The fourth-order valence-electron chi connectivity index (χ4n) is 1.48. The summed E-state index contributed by atoms with van der Waals surface area (Å²) in [6, 6.07) is 6.75. The number of aromatic nitrogens is 1. The molecule has 1 aromatic carbocycles. The van der Waals surface area contributed by atoms with E-state index in [1.807, 2.05) is 0 Å². The Morgan fingerprint density at radius 3 is 2.80 bits per heavy atom. The van der Waals surface area contributed by atoms with E-state index < -0.39 is 10.0 Å². The van der Waals surface area contributed by atoms with E-state index in [9.17, 15) is 8.42 Å². The molecule has 5 nitrogen and oxygen atoms in total. The zero-order valence-corrected chi connectivity index (χ0v) is 12.3. The molecule has 1 heterocycles. The van der Waals surface area contributed by atoms with E-state index in [2.05, 4.69) is 21.5 Å². The highest BCUT2D eigenvalue weighted by Gasteiger charge is 2.18. The van der Waals surface area contributed by atoms with Gasteiger partial charge in [-0.25, -0.2) is 13.4 Å². The summed E-state index contributed by atoms with van der Waals surface area (Å²) in [7, 11) is -3.66. The predicted molar refractivity (Wildman–Crippen MR) is 78.1 cm³/mol. The van der Waals surface area contributed by atoms with E-state index in [0.717, 1.165) is 11.3 Å². The molecule has 0 spiro atoms. The van der Waals surface area contributed by atoms with Crippen LogP contribution in [0.1, 0.15) is 10.6 Å². The van der Waals surface area contributed by atoms with Crippen LogP contribution in [0.3, 0.4) is 0 Å². The molecule has 0 saturated carbocycles. The second-order valence-electron chi connectivity index (χ2n) is 3.81. The number of benzene rings is 1. The van der Waals surface area contributed by atoms with Gasteiger partial charge in [-0.1, -0.05) is 24.0 Å². The first kappa shape index (κ1) is 14.5. The zero-order valence-electron chi connectivity index (χ0n) is 10.6. The smallest absolute Gasteiger partial charge is 0.273 e. The van der Waals surface area contributed by atoms with Crippen molar-refractivity contribution in [2.24, 2.45) is 0 Å². The SMILES string of the molecule is Cc1ncc(S(=O)(=O)Nc2ccccc2C#CCO)s1. The van der Waals surface area contributed by atoms with Crippen molar-refractivity contribution >= 4 is 27.0 Å². The molecule has 0 aliphatic carbocycles. The molecule has 0 saturated heterocycles. The first-order valence-corrected chi connectivity index (χ1v) is 7.97. The minimum absolute atomic E-state index is 0.153. The van der Waals surface area contributed by atoms with E-state index in [0.29, 0.717) is 16.3 Å². The van der Waals surface area contributed by atoms with Crippen LogP contribution in [-0.4, -0.2) is 25.1 Å². The molecule has 7 heteroatoms. The molecule has 2 N–H and O–H groups in total. The summed E-state index contributed by atoms with van der Waals surface area (Å²) in [6.07, 6.45) is 1.32. The summed E-state index contributed by atoms with van der Waals surface area (Å²) in [4.78, 5) is 3.93. The Bertz CT molecular complexity index is 770. The average molecular weight is 308 g/mol. The summed E-state index contributed by atoms with van der Waals surface area (Å²) in [6.45, 7) is 1.46. The lowest BCUT2D eigenvalue weighted by atomic mass is 10.2. The van der Waals surface area contributed by atoms with E-state index in [1.54, 1.807) is 31.2 Å². The molecule has 0 bridgehead atoms. The van der Waals surface area contributed by atoms with Gasteiger partial charge in [-0.05, 0) is 19.1 Å². The van der Waals surface area contributed by atoms with E-state index in [4.69, 9.17) is 5.11 Å². The van der Waals surface area contributed by atoms with E-state index in [-0.39, 0.29) is 10.8 Å². The Balaban J connectivity index is 2.35. The van der Waals surface area contributed by atoms with Gasteiger partial charge in [-0.2, -0.15) is 0 Å². The molecule has 2 aromatic rings. The standard InChI is InChI=1S/C13H12N2O3S2/c1-10-14-9-13(19-10)20(17,18)15-12-7-3-2-5-11(12)6-4-8-16/h2-3,5,7,9,15-16H,8H2,1H3. The summed E-state index contributed by atoms with van der Waals surface area (Å²) in [5.41, 5.74) is 0.880. The highest BCUT2D eigenvalue weighted by molar-refractivity contribution is 7.94. The van der Waals surface area contributed by atoms with Crippen LogP contribution in [0, 0.1) is 18.8 Å². The minimum Gasteiger partial charge on any atom is -0.384 e. The Morgan fingerprint density at radius 2 is 2.15 bits per heavy atom. The minimum atomic E-state index is -3.66. The molecular formula is C13H12N2O3S2. The largest absolute Gasteiger partial charge is 0.384 e. The molecule has 1 aromatic heterocycles. The van der Waals surface area contributed by atoms with Gasteiger partial charge in [0.05, 0.1) is 16.9 Å². The van der Waals surface area contributed by atoms with E-state index in [1.165, 1.54) is 6.20 Å². The Labute approximate surface area is 121 Å². The maximum Gasteiger partial charge on any atom is 0.273 e. The number of aliphatic hydroxyl groups excluding tert-OH is 1. The number of anilines is 1. The predicted octanol–water partition coefficient (Wildman–Crippen LogP) is 1.60. The van der Waals surface area contributed by atoms with Crippen molar-refractivity contribution in [3.8, 4) is 11.8 Å². The Morgan fingerprint density at radius 1 is 1.40 bits per heavy atom. The number of hydrogen-bond acceptors (Lipinski definition) is 5. The van der Waals surface area contributed by atoms with E-state index >= 15 is 0 Å². The van der Waals surface area contributed by atoms with Gasteiger partial charge in [0, 0.05) is 5.56 Å². The van der Waals surface area contributed by atoms with Crippen LogP contribution >= 0.6 is 11.3 Å². The molecular weight excluding hydrogens is 296 g/mol. The third kappa shape index (κ3) is 3.36. The summed E-state index contributed by atoms with van der Waals surface area (Å²) >= 11 is 1.10. The summed E-state index contributed by atoms with van der Waals surface area (Å²) in [5.74, 6) is 5.20. The van der Waals surface area contributed by atoms with Crippen LogP contribution in [0.25, 0.3) is 0 Å². The van der Waals surface area contributed by atoms with Gasteiger partial charge >= 0.3 is 0 Å². The van der Waals surface area contributed by atoms with Gasteiger partial charge in [0.1, 0.15) is 6.61 Å². The maximum atomic E-state index is 12.2. The molecule has 0 aliphatic heterocycles. The molecule has 2 rings (SSSR count). The number of hydrogen-bond donors (Lipinski definition) is 2. The molecule has 104 valence electrons. The second kappa shape index (κ2) is 6.05. The number of aryl methyl sites for hydroxylation is 1. The number of nitrogens with one attached hydrogen (secondary N) is 1. The lowest BCUT2D eigenvalue weighted by molar-refractivity contribution is 0.350. The van der Waals surface area contributed by atoms with Crippen molar-refractivity contribution in [3.63, 3.8) is 0 Å². The molecule has 0 unspecified atom stereocenters. The fourth-order valence-corrected chi connectivity index (χ4v) is 3.66. The first-order valence-electron chi connectivity index (χ1n) is 5.67. The van der Waals surface area contributed by atoms with Gasteiger partial charge in [-0.3, -0.25) is 4.72 Å². The normalized spacial score (nSPS) is 10.7. The summed E-state index contributed by atoms with van der Waals surface area (Å²) < 4.78 is 27.0. The number of aliphatic hydroxyl groups is 1. The van der Waals surface area contributed by atoms with Crippen LogP contribution < -0.4 is 4.72 Å². The van der Waals surface area contributed by atoms with Gasteiger partial charge in [0.2, 0.25) is 0 Å². The number of rotatable bonds is 3. The van der Waals surface area contributed by atoms with Gasteiger partial charge in [0.15, 0.2) is 4.21 Å². The highest BCUT2D eigenvalue weighted by Crippen LogP contribution is 2.23. The van der Waals surface area contributed by atoms with Crippen LogP contribution in [0.4, 0.5) is 5.69 Å². The van der Waals surface area contributed by atoms with Crippen LogP contribution in [0.2, 0.25) is 0 Å². The topological polar surface area (TPSA) is 79.3 Å². The quantitative estimate of drug-likeness (QED) is 0.844. The number of sulfonamides is 1. The molecule has 0 aliphatic rings. The molecule has 20 heavy (non-hydrogen) atoms. The van der Waals surface area contributed by atoms with Crippen molar-refractivity contribution < 1.29 is 13.5 Å². The molecule has 0 atom stereocenters. The van der Waals surface area contributed by atoms with Crippen molar-refractivity contribution in [1.82, 2.24) is 4.98 Å². The van der Waals surface area contributed by atoms with Gasteiger partial charge in [0.25, 0.3) is 10.0 Å². The molecule has 0 amide bonds. The molecule has 0 radical (unpaired) electrons.